The Labute approximate surface area is 171 Å². The topological polar surface area (TPSA) is 97.8 Å². The van der Waals surface area contributed by atoms with Gasteiger partial charge >= 0.3 is 11.9 Å². The summed E-state index contributed by atoms with van der Waals surface area (Å²) in [6.07, 6.45) is 0. The van der Waals surface area contributed by atoms with Gasteiger partial charge in [0, 0.05) is 16.1 Å². The predicted molar refractivity (Wildman–Crippen MR) is 111 cm³/mol. The zero-order chi connectivity index (χ0) is 20.8. The van der Waals surface area contributed by atoms with Crippen molar-refractivity contribution in [1.29, 1.82) is 0 Å². The Morgan fingerprint density at radius 3 is 2.41 bits per heavy atom. The third kappa shape index (κ3) is 5.32. The molecule has 1 aromatic heterocycles. The summed E-state index contributed by atoms with van der Waals surface area (Å²) in [5.74, 6) is -0.873. The van der Waals surface area contributed by atoms with Crippen LogP contribution in [-0.2, 0) is 9.53 Å². The maximum absolute atomic E-state index is 11.7. The van der Waals surface area contributed by atoms with Crippen molar-refractivity contribution >= 4 is 34.1 Å². The van der Waals surface area contributed by atoms with Gasteiger partial charge in [-0.2, -0.15) is 0 Å². The Morgan fingerprint density at radius 2 is 1.79 bits per heavy atom. The summed E-state index contributed by atoms with van der Waals surface area (Å²) in [7, 11) is 0. The van der Waals surface area contributed by atoms with Crippen LogP contribution in [0.4, 0.5) is 10.8 Å². The average molecular weight is 412 g/mol. The van der Waals surface area contributed by atoms with Crippen molar-refractivity contribution in [3.05, 3.63) is 59.0 Å². The standard InChI is InChI=1S/C21H20N2O5S/c1-3-27-20(26)15-4-8-16(9-5-15)22-21-23-19(13(2)29-21)14-6-10-17(11-7-14)28-12-18(24)25/h4-11H,3,12H2,1-2H3,(H,22,23)(H,24,25). The molecule has 0 unspecified atom stereocenters. The molecule has 0 aliphatic carbocycles. The Morgan fingerprint density at radius 1 is 1.10 bits per heavy atom. The average Bonchev–Trinajstić information content (AvgIpc) is 3.07. The van der Waals surface area contributed by atoms with E-state index in [0.717, 1.165) is 27.0 Å². The number of aromatic nitrogens is 1. The molecule has 2 aromatic carbocycles. The van der Waals surface area contributed by atoms with Crippen LogP contribution in [0, 0.1) is 6.92 Å². The first-order chi connectivity index (χ1) is 14.0. The zero-order valence-electron chi connectivity index (χ0n) is 16.0. The molecule has 3 rings (SSSR count). The molecule has 0 saturated carbocycles. The fourth-order valence-corrected chi connectivity index (χ4v) is 3.46. The highest BCUT2D eigenvalue weighted by atomic mass is 32.1. The van der Waals surface area contributed by atoms with E-state index >= 15 is 0 Å². The highest BCUT2D eigenvalue weighted by Gasteiger charge is 2.11. The van der Waals surface area contributed by atoms with Gasteiger partial charge in [0.1, 0.15) is 5.75 Å². The van der Waals surface area contributed by atoms with Gasteiger partial charge in [-0.1, -0.05) is 0 Å². The van der Waals surface area contributed by atoms with Crippen LogP contribution in [0.15, 0.2) is 48.5 Å². The molecule has 7 nitrogen and oxygen atoms in total. The number of ether oxygens (including phenoxy) is 2. The molecule has 2 N–H and O–H groups in total. The minimum atomic E-state index is -1.02. The third-order valence-electron chi connectivity index (χ3n) is 3.93. The van der Waals surface area contributed by atoms with Gasteiger partial charge in [0.25, 0.3) is 0 Å². The molecule has 3 aromatic rings. The minimum Gasteiger partial charge on any atom is -0.482 e. The summed E-state index contributed by atoms with van der Waals surface area (Å²) in [5.41, 5.74) is 3.06. The van der Waals surface area contributed by atoms with Crippen LogP contribution in [0.1, 0.15) is 22.2 Å². The maximum Gasteiger partial charge on any atom is 0.341 e. The van der Waals surface area contributed by atoms with Gasteiger partial charge in [-0.15, -0.1) is 11.3 Å². The quantitative estimate of drug-likeness (QED) is 0.526. The number of nitrogens with one attached hydrogen (secondary N) is 1. The number of aryl methyl sites for hydroxylation is 1. The molecule has 0 spiro atoms. The van der Waals surface area contributed by atoms with E-state index in [0.29, 0.717) is 17.9 Å². The van der Waals surface area contributed by atoms with Gasteiger partial charge in [0.05, 0.1) is 17.9 Å². The number of carboxylic acid groups (broad SMARTS) is 1. The van der Waals surface area contributed by atoms with Crippen LogP contribution in [0.3, 0.4) is 0 Å². The van der Waals surface area contributed by atoms with Crippen molar-refractivity contribution in [1.82, 2.24) is 4.98 Å². The van der Waals surface area contributed by atoms with Gasteiger partial charge in [-0.25, -0.2) is 14.6 Å². The molecule has 0 saturated heterocycles. The molecule has 0 atom stereocenters. The van der Waals surface area contributed by atoms with Crippen molar-refractivity contribution in [3.63, 3.8) is 0 Å². The van der Waals surface area contributed by atoms with Gasteiger partial charge < -0.3 is 19.9 Å². The number of carbonyl (C=O) groups is 2. The lowest BCUT2D eigenvalue weighted by molar-refractivity contribution is -0.139. The van der Waals surface area contributed by atoms with E-state index in [9.17, 15) is 9.59 Å². The summed E-state index contributed by atoms with van der Waals surface area (Å²) in [6, 6.07) is 14.1. The summed E-state index contributed by atoms with van der Waals surface area (Å²) >= 11 is 1.52. The molecule has 150 valence electrons. The number of carboxylic acids is 1. The Kier molecular flexibility index (Phi) is 6.46. The van der Waals surface area contributed by atoms with Crippen LogP contribution in [-0.4, -0.2) is 35.2 Å². The van der Waals surface area contributed by atoms with Crippen LogP contribution in [0.5, 0.6) is 5.75 Å². The highest BCUT2D eigenvalue weighted by Crippen LogP contribution is 2.32. The molecule has 0 aliphatic heterocycles. The van der Waals surface area contributed by atoms with Gasteiger partial charge in [0.2, 0.25) is 0 Å². The van der Waals surface area contributed by atoms with Crippen LogP contribution in [0.2, 0.25) is 0 Å². The molecule has 0 amide bonds. The molecule has 0 bridgehead atoms. The number of anilines is 2. The van der Waals surface area contributed by atoms with Crippen molar-refractivity contribution < 1.29 is 24.2 Å². The fraction of sp³-hybridized carbons (Fsp3) is 0.190. The highest BCUT2D eigenvalue weighted by molar-refractivity contribution is 7.16. The second-order valence-electron chi connectivity index (χ2n) is 6.05. The number of benzene rings is 2. The van der Waals surface area contributed by atoms with Crippen molar-refractivity contribution in [2.45, 2.75) is 13.8 Å². The van der Waals surface area contributed by atoms with E-state index in [2.05, 4.69) is 10.3 Å². The van der Waals surface area contributed by atoms with E-state index < -0.39 is 5.97 Å². The molecule has 0 aliphatic rings. The molecule has 0 radical (unpaired) electrons. The summed E-state index contributed by atoms with van der Waals surface area (Å²) < 4.78 is 10.1. The summed E-state index contributed by atoms with van der Waals surface area (Å²) in [4.78, 5) is 28.0. The molecule has 29 heavy (non-hydrogen) atoms. The van der Waals surface area contributed by atoms with Crippen LogP contribution < -0.4 is 10.1 Å². The van der Waals surface area contributed by atoms with E-state index in [4.69, 9.17) is 14.6 Å². The largest absolute Gasteiger partial charge is 0.482 e. The Balaban J connectivity index is 1.70. The first-order valence-electron chi connectivity index (χ1n) is 8.93. The van der Waals surface area contributed by atoms with Crippen molar-refractivity contribution in [3.8, 4) is 17.0 Å². The summed E-state index contributed by atoms with van der Waals surface area (Å²) in [5, 5.41) is 12.6. The smallest absolute Gasteiger partial charge is 0.341 e. The number of thiazole rings is 1. The molecular weight excluding hydrogens is 392 g/mol. The van der Waals surface area contributed by atoms with Gasteiger partial charge in [-0.05, 0) is 62.4 Å². The first kappa shape index (κ1) is 20.3. The normalized spacial score (nSPS) is 10.4. The third-order valence-corrected chi connectivity index (χ3v) is 4.82. The monoisotopic (exact) mass is 412 g/mol. The first-order valence-corrected chi connectivity index (χ1v) is 9.74. The fourth-order valence-electron chi connectivity index (χ4n) is 2.60. The van der Waals surface area contributed by atoms with E-state index in [1.165, 1.54) is 11.3 Å². The maximum atomic E-state index is 11.7. The lowest BCUT2D eigenvalue weighted by Crippen LogP contribution is -2.09. The number of hydrogen-bond donors (Lipinski definition) is 2. The number of esters is 1. The lowest BCUT2D eigenvalue weighted by atomic mass is 10.1. The number of aliphatic carboxylic acids is 1. The number of nitrogens with zero attached hydrogens (tertiary/aromatic N) is 1. The van der Waals surface area contributed by atoms with Gasteiger partial charge in [0.15, 0.2) is 11.7 Å². The number of hydrogen-bond acceptors (Lipinski definition) is 7. The molecule has 1 heterocycles. The predicted octanol–water partition coefficient (Wildman–Crippen LogP) is 4.50. The summed E-state index contributed by atoms with van der Waals surface area (Å²) in [6.45, 7) is 3.72. The van der Waals surface area contributed by atoms with Crippen LogP contribution in [0.25, 0.3) is 11.3 Å². The Hall–Kier alpha value is -3.39. The SMILES string of the molecule is CCOC(=O)c1ccc(Nc2nc(-c3ccc(OCC(=O)O)cc3)c(C)s2)cc1. The molecule has 0 fully saturated rings. The van der Waals surface area contributed by atoms with Crippen LogP contribution >= 0.6 is 11.3 Å². The van der Waals surface area contributed by atoms with Gasteiger partial charge in [-0.3, -0.25) is 0 Å². The number of rotatable bonds is 8. The van der Waals surface area contributed by atoms with Crippen molar-refractivity contribution in [2.75, 3.05) is 18.5 Å². The minimum absolute atomic E-state index is 0.340. The van der Waals surface area contributed by atoms with E-state index in [1.54, 1.807) is 43.3 Å². The lowest BCUT2D eigenvalue weighted by Gasteiger charge is -2.05. The number of carbonyl (C=O) groups excluding carboxylic acids is 1. The molecular formula is C21H20N2O5S. The van der Waals surface area contributed by atoms with E-state index in [1.807, 2.05) is 19.1 Å². The zero-order valence-corrected chi connectivity index (χ0v) is 16.8. The second-order valence-corrected chi connectivity index (χ2v) is 7.26. The molecule has 8 heteroatoms. The second kappa shape index (κ2) is 9.20. The van der Waals surface area contributed by atoms with Crippen molar-refractivity contribution in [2.24, 2.45) is 0 Å². The van der Waals surface area contributed by atoms with E-state index in [-0.39, 0.29) is 12.6 Å². The Bertz CT molecular complexity index is 997.